The molecule has 0 spiro atoms. The number of nitrogens with one attached hydrogen (secondary N) is 2. The Balaban J connectivity index is 1.56. The van der Waals surface area contributed by atoms with Crippen LogP contribution < -0.4 is 26.6 Å². The van der Waals surface area contributed by atoms with Gasteiger partial charge in [0.25, 0.3) is 5.91 Å². The predicted molar refractivity (Wildman–Crippen MR) is 149 cm³/mol. The molecule has 2 heterocycles. The first-order chi connectivity index (χ1) is 19.3. The van der Waals surface area contributed by atoms with Crippen molar-refractivity contribution in [3.63, 3.8) is 0 Å². The van der Waals surface area contributed by atoms with Gasteiger partial charge in [-0.25, -0.2) is 4.79 Å². The van der Waals surface area contributed by atoms with Gasteiger partial charge in [-0.15, -0.1) is 5.10 Å². The number of rotatable bonds is 10. The minimum absolute atomic E-state index is 0.0210. The number of H-pyrrole nitrogens is 1. The Hall–Kier alpha value is -4.90. The van der Waals surface area contributed by atoms with Crippen molar-refractivity contribution in [2.24, 2.45) is 11.5 Å². The van der Waals surface area contributed by atoms with Crippen LogP contribution >= 0.6 is 0 Å². The summed E-state index contributed by atoms with van der Waals surface area (Å²) in [5.74, 6) is 0.438. The summed E-state index contributed by atoms with van der Waals surface area (Å²) in [6.07, 6.45) is 1.21. The smallest absolute Gasteiger partial charge is 0.348 e. The van der Waals surface area contributed by atoms with Crippen LogP contribution in [0.25, 0.3) is 5.69 Å². The van der Waals surface area contributed by atoms with E-state index in [1.807, 2.05) is 30.3 Å². The van der Waals surface area contributed by atoms with Crippen molar-refractivity contribution in [3.8, 4) is 17.2 Å². The molecule has 1 fully saturated rings. The molecule has 3 aromatic carbocycles. The zero-order valence-corrected chi connectivity index (χ0v) is 21.9. The maximum atomic E-state index is 13.1. The number of carbonyl (C=O) groups is 1. The van der Waals surface area contributed by atoms with E-state index in [-0.39, 0.29) is 23.2 Å². The number of primary amides is 1. The van der Waals surface area contributed by atoms with Crippen LogP contribution in [0.2, 0.25) is 0 Å². The molecule has 1 aromatic heterocycles. The standard InChI is InChI=1S/C29H30N6O5/c1-38-25-15-19(10-11-24(25)40-20-12-13-39-16-20)22(14-17-6-8-18(9-7-17)26(30)31)28-33-29(37)35(34-28)23-5-3-2-4-21(23)27(32)36/h2-11,15,20,22H,12-14,16H2,1H3,(H3,30,31)(H2,32,36)(H,33,34,37). The molecule has 4 aromatic rings. The van der Waals surface area contributed by atoms with Crippen LogP contribution in [0.5, 0.6) is 11.5 Å². The van der Waals surface area contributed by atoms with Crippen LogP contribution in [0.1, 0.15) is 45.2 Å². The summed E-state index contributed by atoms with van der Waals surface area (Å²) in [4.78, 5) is 28.0. The number of hydrogen-bond donors (Lipinski definition) is 4. The number of amides is 1. The Morgan fingerprint density at radius 1 is 1.15 bits per heavy atom. The monoisotopic (exact) mass is 542 g/mol. The van der Waals surface area contributed by atoms with E-state index in [2.05, 4.69) is 10.1 Å². The Labute approximate surface area is 230 Å². The third kappa shape index (κ3) is 5.59. The average Bonchev–Trinajstić information content (AvgIpc) is 3.61. The zero-order chi connectivity index (χ0) is 28.2. The Morgan fingerprint density at radius 2 is 1.93 bits per heavy atom. The van der Waals surface area contributed by atoms with Crippen LogP contribution in [0.3, 0.4) is 0 Å². The van der Waals surface area contributed by atoms with Gasteiger partial charge in [-0.2, -0.15) is 4.68 Å². The minimum atomic E-state index is -0.665. The third-order valence-electron chi connectivity index (χ3n) is 6.84. The minimum Gasteiger partial charge on any atom is -0.493 e. The highest BCUT2D eigenvalue weighted by Crippen LogP contribution is 2.35. The first-order valence-electron chi connectivity index (χ1n) is 12.8. The molecule has 2 unspecified atom stereocenters. The lowest BCUT2D eigenvalue weighted by molar-refractivity contribution is 0.1000. The highest BCUT2D eigenvalue weighted by molar-refractivity contribution is 5.96. The van der Waals surface area contributed by atoms with Gasteiger partial charge in [0.05, 0.1) is 31.6 Å². The van der Waals surface area contributed by atoms with E-state index in [0.717, 1.165) is 22.2 Å². The van der Waals surface area contributed by atoms with Crippen molar-refractivity contribution in [1.29, 1.82) is 5.41 Å². The second-order valence-electron chi connectivity index (χ2n) is 9.49. The summed E-state index contributed by atoms with van der Waals surface area (Å²) < 4.78 is 18.3. The molecule has 11 heteroatoms. The van der Waals surface area contributed by atoms with Crippen molar-refractivity contribution in [2.75, 3.05) is 20.3 Å². The Kier molecular flexibility index (Phi) is 7.65. The molecule has 1 amide bonds. The van der Waals surface area contributed by atoms with Crippen molar-refractivity contribution in [3.05, 3.63) is 105 Å². The lowest BCUT2D eigenvalue weighted by atomic mass is 9.90. The Bertz CT molecular complexity index is 1590. The average molecular weight is 543 g/mol. The first-order valence-corrected chi connectivity index (χ1v) is 12.8. The number of amidine groups is 1. The molecule has 206 valence electrons. The van der Waals surface area contributed by atoms with Crippen molar-refractivity contribution < 1.29 is 19.0 Å². The van der Waals surface area contributed by atoms with Crippen LogP contribution in [0.4, 0.5) is 0 Å². The number of ether oxygens (including phenoxy) is 3. The van der Waals surface area contributed by atoms with Crippen LogP contribution in [0.15, 0.2) is 71.5 Å². The van der Waals surface area contributed by atoms with E-state index >= 15 is 0 Å². The number of benzene rings is 3. The summed E-state index contributed by atoms with van der Waals surface area (Å²) >= 11 is 0. The number of nitrogens with two attached hydrogens (primary N) is 2. The number of nitrogen functional groups attached to an aromatic ring is 1. The number of methoxy groups -OCH3 is 1. The molecule has 6 N–H and O–H groups in total. The van der Waals surface area contributed by atoms with Gasteiger partial charge in [0.1, 0.15) is 17.8 Å². The molecular weight excluding hydrogens is 512 g/mol. The topological polar surface area (TPSA) is 171 Å². The van der Waals surface area contributed by atoms with E-state index in [4.69, 9.17) is 31.1 Å². The zero-order valence-electron chi connectivity index (χ0n) is 21.9. The van der Waals surface area contributed by atoms with Crippen molar-refractivity contribution >= 4 is 11.7 Å². The number of aromatic nitrogens is 3. The normalized spacial score (nSPS) is 15.5. The van der Waals surface area contributed by atoms with Crippen LogP contribution in [0, 0.1) is 5.41 Å². The molecule has 0 aliphatic carbocycles. The van der Waals surface area contributed by atoms with Gasteiger partial charge in [-0.3, -0.25) is 15.2 Å². The summed E-state index contributed by atoms with van der Waals surface area (Å²) in [7, 11) is 1.57. The molecule has 0 bridgehead atoms. The summed E-state index contributed by atoms with van der Waals surface area (Å²) in [6.45, 7) is 1.18. The predicted octanol–water partition coefficient (Wildman–Crippen LogP) is 2.49. The second-order valence-corrected chi connectivity index (χ2v) is 9.49. The van der Waals surface area contributed by atoms with Crippen molar-refractivity contribution in [1.82, 2.24) is 14.8 Å². The fourth-order valence-corrected chi connectivity index (χ4v) is 4.74. The number of para-hydroxylation sites is 1. The Morgan fingerprint density at radius 3 is 2.60 bits per heavy atom. The first kappa shape index (κ1) is 26.7. The van der Waals surface area contributed by atoms with E-state index in [0.29, 0.717) is 42.5 Å². The molecule has 1 saturated heterocycles. The molecule has 40 heavy (non-hydrogen) atoms. The highest BCUT2D eigenvalue weighted by Gasteiger charge is 2.25. The SMILES string of the molecule is COc1cc(C(Cc2ccc(C(=N)N)cc2)c2nn(-c3ccccc3C(N)=O)c(=O)[nH]2)ccc1OC1CCOC1. The van der Waals surface area contributed by atoms with E-state index in [1.165, 1.54) is 0 Å². The summed E-state index contributed by atoms with van der Waals surface area (Å²) in [5.41, 5.74) is 13.5. The molecular formula is C29H30N6O5. The maximum Gasteiger partial charge on any atom is 0.348 e. The molecule has 0 saturated carbocycles. The lowest BCUT2D eigenvalue weighted by Gasteiger charge is -2.19. The van der Waals surface area contributed by atoms with Gasteiger partial charge in [0, 0.05) is 17.9 Å². The van der Waals surface area contributed by atoms with Gasteiger partial charge in [0.15, 0.2) is 11.5 Å². The maximum absolute atomic E-state index is 13.1. The second kappa shape index (κ2) is 11.5. The van der Waals surface area contributed by atoms with Gasteiger partial charge >= 0.3 is 5.69 Å². The quantitative estimate of drug-likeness (QED) is 0.176. The van der Waals surface area contributed by atoms with Gasteiger partial charge in [-0.05, 0) is 41.8 Å². The van der Waals surface area contributed by atoms with Crippen LogP contribution in [-0.4, -0.2) is 52.9 Å². The highest BCUT2D eigenvalue weighted by atomic mass is 16.6. The van der Waals surface area contributed by atoms with Gasteiger partial charge < -0.3 is 25.7 Å². The molecule has 5 rings (SSSR count). The molecule has 2 atom stereocenters. The van der Waals surface area contributed by atoms with Crippen molar-refractivity contribution in [2.45, 2.75) is 24.9 Å². The fraction of sp³-hybridized carbons (Fsp3) is 0.241. The molecule has 0 radical (unpaired) electrons. The fourth-order valence-electron chi connectivity index (χ4n) is 4.74. The van der Waals surface area contributed by atoms with E-state index in [1.54, 1.807) is 43.5 Å². The lowest BCUT2D eigenvalue weighted by Crippen LogP contribution is -2.21. The number of hydrogen-bond acceptors (Lipinski definition) is 7. The molecule has 1 aliphatic heterocycles. The van der Waals surface area contributed by atoms with E-state index < -0.39 is 17.5 Å². The summed E-state index contributed by atoms with van der Waals surface area (Å²) in [5, 5.41) is 12.3. The summed E-state index contributed by atoms with van der Waals surface area (Å²) in [6, 6.07) is 19.5. The number of aromatic amines is 1. The van der Waals surface area contributed by atoms with Gasteiger partial charge in [-0.1, -0.05) is 42.5 Å². The molecule has 11 nitrogen and oxygen atoms in total. The molecule has 1 aliphatic rings. The number of carbonyl (C=O) groups excluding carboxylic acids is 1. The third-order valence-corrected chi connectivity index (χ3v) is 6.84. The van der Waals surface area contributed by atoms with Gasteiger partial charge in [0.2, 0.25) is 0 Å². The number of nitrogens with zero attached hydrogens (tertiary/aromatic N) is 2. The largest absolute Gasteiger partial charge is 0.493 e. The van der Waals surface area contributed by atoms with E-state index in [9.17, 15) is 9.59 Å². The van der Waals surface area contributed by atoms with Crippen LogP contribution in [-0.2, 0) is 11.2 Å².